The first-order valence-corrected chi connectivity index (χ1v) is 11.3. The van der Waals surface area contributed by atoms with E-state index < -0.39 is 56.7 Å². The Bertz CT molecular complexity index is 924. The molecule has 13 heteroatoms. The first-order valence-electron chi connectivity index (χ1n) is 9.90. The molecule has 1 radical (unpaired) electrons. The molecule has 0 bridgehead atoms. The summed E-state index contributed by atoms with van der Waals surface area (Å²) < 4.78 is 65.5. The smallest absolute Gasteiger partial charge is 0.390 e. The summed E-state index contributed by atoms with van der Waals surface area (Å²) >= 11 is 0. The summed E-state index contributed by atoms with van der Waals surface area (Å²) in [6.45, 7) is 3.28. The quantitative estimate of drug-likeness (QED) is 0.526. The average Bonchev–Trinajstić information content (AvgIpc) is 2.87. The van der Waals surface area contributed by atoms with Gasteiger partial charge in [0.15, 0.2) is 5.03 Å². The van der Waals surface area contributed by atoms with E-state index in [4.69, 9.17) is 5.73 Å². The Kier molecular flexibility index (Phi) is 8.23. The number of alkyl halides is 3. The Hall–Kier alpha value is -2.25. The normalized spacial score (nSPS) is 23.2. The molecule has 0 saturated carbocycles. The number of primary amides is 1. The van der Waals surface area contributed by atoms with Gasteiger partial charge in [-0.05, 0) is 38.3 Å². The summed E-state index contributed by atoms with van der Waals surface area (Å²) in [5, 5.41) is 12.8. The molecule has 2 amide bonds. The molecule has 1 aromatic heterocycles. The van der Waals surface area contributed by atoms with E-state index in [2.05, 4.69) is 10.3 Å². The fraction of sp³-hybridized carbons (Fsp3) is 0.579. The van der Waals surface area contributed by atoms with Crippen molar-refractivity contribution in [1.82, 2.24) is 14.6 Å². The van der Waals surface area contributed by atoms with Crippen molar-refractivity contribution in [2.45, 2.75) is 62.5 Å². The number of aliphatic hydroxyl groups is 1. The van der Waals surface area contributed by atoms with Crippen molar-refractivity contribution in [3.8, 4) is 0 Å². The molecule has 1 fully saturated rings. The van der Waals surface area contributed by atoms with E-state index in [1.54, 1.807) is 0 Å². The highest BCUT2D eigenvalue weighted by molar-refractivity contribution is 7.89. The number of halogens is 3. The van der Waals surface area contributed by atoms with E-state index in [-0.39, 0.29) is 25.4 Å². The maximum atomic E-state index is 13.3. The molecule has 1 aliphatic rings. The van der Waals surface area contributed by atoms with Crippen LogP contribution in [0.5, 0.6) is 0 Å². The third kappa shape index (κ3) is 6.17. The van der Waals surface area contributed by atoms with Crippen molar-refractivity contribution >= 4 is 21.8 Å². The standard InChI is InChI=1S/C19H26F3N4O5S/c1-11(18(23)29)3-8-17(28)26(14-6-4-12(2)24-10-15(14)27)32(30,31)16-7-5-13(9-25-16)19(20,21)22/h5,7-9,11-12,14-15,24,27H,3-4,6,10H2,1-2H3,(H2,23,29)/t11-,12+,14-,15-/m0/s1. The van der Waals surface area contributed by atoms with Crippen molar-refractivity contribution in [2.24, 2.45) is 11.7 Å². The van der Waals surface area contributed by atoms with Gasteiger partial charge in [-0.1, -0.05) is 6.92 Å². The Morgan fingerprint density at radius 2 is 2.03 bits per heavy atom. The number of nitrogens with one attached hydrogen (secondary N) is 1. The molecule has 2 heterocycles. The van der Waals surface area contributed by atoms with Gasteiger partial charge in [0.1, 0.15) is 0 Å². The number of nitrogens with zero attached hydrogens (tertiary/aromatic N) is 2. The lowest BCUT2D eigenvalue weighted by Gasteiger charge is -2.33. The minimum atomic E-state index is -4.73. The van der Waals surface area contributed by atoms with Gasteiger partial charge in [-0.15, -0.1) is 0 Å². The Labute approximate surface area is 184 Å². The monoisotopic (exact) mass is 479 g/mol. The van der Waals surface area contributed by atoms with Gasteiger partial charge in [0.25, 0.3) is 10.0 Å². The minimum Gasteiger partial charge on any atom is -0.390 e. The van der Waals surface area contributed by atoms with Crippen LogP contribution in [0.1, 0.15) is 38.7 Å². The lowest BCUT2D eigenvalue weighted by atomic mass is 10.0. The number of carbonyl (C=O) groups excluding carboxylic acids is 2. The molecule has 9 nitrogen and oxygen atoms in total. The van der Waals surface area contributed by atoms with E-state index in [9.17, 15) is 36.3 Å². The van der Waals surface area contributed by atoms with E-state index in [1.807, 2.05) is 6.92 Å². The summed E-state index contributed by atoms with van der Waals surface area (Å²) in [7, 11) is -4.73. The lowest BCUT2D eigenvalue weighted by molar-refractivity contribution is -0.138. The summed E-state index contributed by atoms with van der Waals surface area (Å²) in [4.78, 5) is 27.6. The van der Waals surface area contributed by atoms with Gasteiger partial charge in [-0.3, -0.25) is 9.59 Å². The minimum absolute atomic E-state index is 0.00324. The fourth-order valence-corrected chi connectivity index (χ4v) is 4.73. The molecule has 1 saturated heterocycles. The van der Waals surface area contributed by atoms with Crippen LogP contribution in [0.15, 0.2) is 23.4 Å². The van der Waals surface area contributed by atoms with E-state index in [1.165, 1.54) is 6.92 Å². The van der Waals surface area contributed by atoms with Crippen LogP contribution >= 0.6 is 0 Å². The van der Waals surface area contributed by atoms with E-state index >= 15 is 0 Å². The van der Waals surface area contributed by atoms with Gasteiger partial charge < -0.3 is 16.2 Å². The van der Waals surface area contributed by atoms with Gasteiger partial charge in [0.2, 0.25) is 11.8 Å². The average molecular weight is 480 g/mol. The zero-order chi connectivity index (χ0) is 24.3. The largest absolute Gasteiger partial charge is 0.417 e. The summed E-state index contributed by atoms with van der Waals surface area (Å²) in [6, 6.07) is -0.0326. The van der Waals surface area contributed by atoms with Gasteiger partial charge in [0, 0.05) is 24.7 Å². The number of β-amino-alcohol motifs (C(OH)–C–C–N with tert-alkyl or cyclic N) is 1. The maximum absolute atomic E-state index is 13.3. The van der Waals surface area contributed by atoms with Crippen molar-refractivity contribution in [3.63, 3.8) is 0 Å². The van der Waals surface area contributed by atoms with Crippen LogP contribution in [0.3, 0.4) is 0 Å². The van der Waals surface area contributed by atoms with Gasteiger partial charge in [0.05, 0.1) is 24.1 Å². The second kappa shape index (κ2) is 10.1. The Morgan fingerprint density at radius 1 is 1.38 bits per heavy atom. The summed E-state index contributed by atoms with van der Waals surface area (Å²) in [5.41, 5.74) is 4.02. The highest BCUT2D eigenvalue weighted by atomic mass is 32.2. The molecule has 2 rings (SSSR count). The second-order valence-electron chi connectivity index (χ2n) is 7.79. The van der Waals surface area contributed by atoms with Crippen LogP contribution in [0.2, 0.25) is 0 Å². The lowest BCUT2D eigenvalue weighted by Crippen LogP contribution is -2.52. The molecule has 0 aromatic carbocycles. The highest BCUT2D eigenvalue weighted by Gasteiger charge is 2.41. The number of carbonyl (C=O) groups is 2. The molecule has 179 valence electrons. The second-order valence-corrected chi connectivity index (χ2v) is 9.55. The third-order valence-corrected chi connectivity index (χ3v) is 6.99. The van der Waals surface area contributed by atoms with Crippen molar-refractivity contribution in [2.75, 3.05) is 6.54 Å². The molecule has 4 atom stereocenters. The first-order chi connectivity index (χ1) is 14.7. The maximum Gasteiger partial charge on any atom is 0.417 e. The van der Waals surface area contributed by atoms with Gasteiger partial charge in [-0.25, -0.2) is 9.29 Å². The molecule has 1 aliphatic heterocycles. The molecule has 32 heavy (non-hydrogen) atoms. The fourth-order valence-electron chi connectivity index (χ4n) is 3.19. The number of aliphatic hydroxyl groups excluding tert-OH is 1. The van der Waals surface area contributed by atoms with Crippen molar-refractivity contribution < 1.29 is 36.3 Å². The topological polar surface area (TPSA) is 143 Å². The molecular formula is C19H26F3N4O5S. The van der Waals surface area contributed by atoms with Crippen LogP contribution in [0.25, 0.3) is 0 Å². The number of amides is 2. The SMILES string of the molecule is C[C@@H]1CC[C@H](N(C(=O)[CH]C[C@H](C)C(N)=O)S(=O)(=O)c2ccc(C(F)(F)F)cn2)[C@@H](O)CN1. The van der Waals surface area contributed by atoms with Crippen molar-refractivity contribution in [1.29, 1.82) is 0 Å². The number of sulfonamides is 1. The Balaban J connectivity index is 2.43. The number of hydrogen-bond donors (Lipinski definition) is 3. The summed E-state index contributed by atoms with van der Waals surface area (Å²) in [5.74, 6) is -2.48. The molecule has 0 aliphatic carbocycles. The first kappa shape index (κ1) is 26.0. The van der Waals surface area contributed by atoms with E-state index in [0.29, 0.717) is 29.1 Å². The third-order valence-electron chi connectivity index (χ3n) is 5.25. The molecule has 0 spiro atoms. The van der Waals surface area contributed by atoms with Gasteiger partial charge in [-0.2, -0.15) is 21.6 Å². The van der Waals surface area contributed by atoms with Crippen LogP contribution in [0, 0.1) is 12.3 Å². The Morgan fingerprint density at radius 3 is 2.56 bits per heavy atom. The number of pyridine rings is 1. The number of aromatic nitrogens is 1. The number of hydrogen-bond acceptors (Lipinski definition) is 7. The molecule has 0 unspecified atom stereocenters. The highest BCUT2D eigenvalue weighted by Crippen LogP contribution is 2.30. The molecule has 4 N–H and O–H groups in total. The van der Waals surface area contributed by atoms with Gasteiger partial charge >= 0.3 is 6.18 Å². The van der Waals surface area contributed by atoms with Crippen LogP contribution in [-0.2, 0) is 25.8 Å². The zero-order valence-electron chi connectivity index (χ0n) is 17.5. The van der Waals surface area contributed by atoms with Crippen LogP contribution < -0.4 is 11.1 Å². The predicted molar refractivity (Wildman–Crippen MR) is 107 cm³/mol. The zero-order valence-corrected chi connectivity index (χ0v) is 18.4. The molecular weight excluding hydrogens is 453 g/mol. The number of nitrogens with two attached hydrogens (primary N) is 1. The summed E-state index contributed by atoms with van der Waals surface area (Å²) in [6.07, 6.45) is -4.28. The van der Waals surface area contributed by atoms with E-state index in [0.717, 1.165) is 6.42 Å². The number of rotatable bonds is 7. The molecule has 1 aromatic rings. The van der Waals surface area contributed by atoms with Crippen LogP contribution in [0.4, 0.5) is 13.2 Å². The predicted octanol–water partition coefficient (Wildman–Crippen LogP) is 0.835. The van der Waals surface area contributed by atoms with Crippen LogP contribution in [-0.4, -0.2) is 59.4 Å². The van der Waals surface area contributed by atoms with Crippen molar-refractivity contribution in [3.05, 3.63) is 30.3 Å².